The number of halogens is 1. The zero-order chi connectivity index (χ0) is 27.0. The van der Waals surface area contributed by atoms with Gasteiger partial charge in [-0.1, -0.05) is 60.1 Å². The number of aromatic nitrogens is 3. The van der Waals surface area contributed by atoms with Crippen LogP contribution < -0.4 is 11.1 Å². The number of hydrogen-bond donors (Lipinski definition) is 2. The van der Waals surface area contributed by atoms with Crippen molar-refractivity contribution in [2.24, 2.45) is 0 Å². The van der Waals surface area contributed by atoms with Crippen LogP contribution in [0, 0.1) is 0 Å². The first kappa shape index (κ1) is 25.4. The lowest BCUT2D eigenvalue weighted by molar-refractivity contribution is 0.328. The second-order valence-electron chi connectivity index (χ2n) is 9.67. The summed E-state index contributed by atoms with van der Waals surface area (Å²) in [7, 11) is -3.83. The number of nitrogens with one attached hydrogen (secondary N) is 1. The number of anilines is 2. The zero-order valence-electron chi connectivity index (χ0n) is 21.0. The molecule has 1 aliphatic heterocycles. The van der Waals surface area contributed by atoms with Crippen molar-refractivity contribution in [2.45, 2.75) is 23.9 Å². The molecule has 5 aromatic rings. The van der Waals surface area contributed by atoms with Crippen LogP contribution in [0.15, 0.2) is 96.2 Å². The molecular weight excluding hydrogens is 532 g/mol. The third-order valence-electron chi connectivity index (χ3n) is 6.97. The summed E-state index contributed by atoms with van der Waals surface area (Å²) in [5.74, 6) is 0.455. The van der Waals surface area contributed by atoms with E-state index in [0.717, 1.165) is 37.1 Å². The van der Waals surface area contributed by atoms with E-state index in [1.807, 2.05) is 30.3 Å². The molecule has 10 heteroatoms. The smallest absolute Gasteiger partial charge is 0.268 e. The summed E-state index contributed by atoms with van der Waals surface area (Å²) in [6, 6.07) is 23.8. The van der Waals surface area contributed by atoms with Crippen LogP contribution >= 0.6 is 11.6 Å². The summed E-state index contributed by atoms with van der Waals surface area (Å²) in [6.07, 6.45) is 4.10. The Balaban J connectivity index is 1.28. The lowest BCUT2D eigenvalue weighted by Crippen LogP contribution is -2.26. The van der Waals surface area contributed by atoms with Crippen molar-refractivity contribution in [2.75, 3.05) is 24.1 Å². The molecule has 0 amide bonds. The SMILES string of the molecule is Nc1ccc(CN2CCC(Nc3ncc(Cl)c(-c4cn(S(=O)(=O)c5ccccc5)c5ccccc45)n3)C2)cc1. The van der Waals surface area contributed by atoms with Gasteiger partial charge >= 0.3 is 0 Å². The lowest BCUT2D eigenvalue weighted by Gasteiger charge is -2.17. The van der Waals surface area contributed by atoms with E-state index in [-0.39, 0.29) is 10.9 Å². The van der Waals surface area contributed by atoms with Gasteiger partial charge in [0.15, 0.2) is 0 Å². The van der Waals surface area contributed by atoms with Crippen molar-refractivity contribution in [3.8, 4) is 11.3 Å². The summed E-state index contributed by atoms with van der Waals surface area (Å²) >= 11 is 6.58. The molecule has 0 saturated carbocycles. The quantitative estimate of drug-likeness (QED) is 0.262. The molecule has 0 bridgehead atoms. The number of nitrogens with zero attached hydrogens (tertiary/aromatic N) is 4. The molecule has 3 aromatic carbocycles. The molecule has 1 unspecified atom stereocenters. The maximum atomic E-state index is 13.5. The number of benzene rings is 3. The zero-order valence-corrected chi connectivity index (χ0v) is 22.6. The number of rotatable bonds is 7. The minimum atomic E-state index is -3.83. The Morgan fingerprint density at radius 2 is 1.74 bits per heavy atom. The maximum absolute atomic E-state index is 13.5. The average molecular weight is 559 g/mol. The minimum absolute atomic E-state index is 0.174. The number of fused-ring (bicyclic) bond motifs is 1. The van der Waals surface area contributed by atoms with Gasteiger partial charge in [0.05, 0.1) is 27.3 Å². The molecule has 198 valence electrons. The predicted molar refractivity (Wildman–Crippen MR) is 155 cm³/mol. The van der Waals surface area contributed by atoms with Gasteiger partial charge in [-0.05, 0) is 42.3 Å². The van der Waals surface area contributed by atoms with Crippen LogP contribution in [0.1, 0.15) is 12.0 Å². The minimum Gasteiger partial charge on any atom is -0.399 e. The van der Waals surface area contributed by atoms with Crippen LogP contribution in [0.2, 0.25) is 5.02 Å². The molecule has 1 atom stereocenters. The Hall–Kier alpha value is -3.92. The largest absolute Gasteiger partial charge is 0.399 e. The van der Waals surface area contributed by atoms with Gasteiger partial charge in [0.1, 0.15) is 0 Å². The van der Waals surface area contributed by atoms with E-state index in [9.17, 15) is 8.42 Å². The topological polar surface area (TPSA) is 106 Å². The number of hydrogen-bond acceptors (Lipinski definition) is 7. The van der Waals surface area contributed by atoms with Crippen molar-refractivity contribution >= 4 is 44.2 Å². The number of nitrogen functional groups attached to an aromatic ring is 1. The molecule has 1 fully saturated rings. The fourth-order valence-electron chi connectivity index (χ4n) is 5.03. The van der Waals surface area contributed by atoms with E-state index >= 15 is 0 Å². The standard InChI is InChI=1S/C29H27ClN6O2S/c30-26-16-32-29(33-22-14-15-35(18-22)17-20-10-12-21(31)13-11-20)34-28(26)25-19-36(27-9-5-4-8-24(25)27)39(37,38)23-6-2-1-3-7-23/h1-13,16,19,22H,14-15,17-18,31H2,(H,32,33,34). The Labute approximate surface area is 232 Å². The van der Waals surface area contributed by atoms with Gasteiger partial charge in [-0.15, -0.1) is 0 Å². The number of nitrogens with two attached hydrogens (primary N) is 1. The first-order chi connectivity index (χ1) is 18.9. The Morgan fingerprint density at radius 3 is 2.54 bits per heavy atom. The van der Waals surface area contributed by atoms with Crippen molar-refractivity contribution in [1.82, 2.24) is 18.8 Å². The fraction of sp³-hybridized carbons (Fsp3) is 0.172. The monoisotopic (exact) mass is 558 g/mol. The summed E-state index contributed by atoms with van der Waals surface area (Å²) in [6.45, 7) is 2.65. The summed E-state index contributed by atoms with van der Waals surface area (Å²) in [5.41, 5.74) is 9.44. The Morgan fingerprint density at radius 1 is 1.00 bits per heavy atom. The molecule has 1 aliphatic rings. The molecule has 8 nitrogen and oxygen atoms in total. The van der Waals surface area contributed by atoms with Crippen molar-refractivity contribution in [1.29, 1.82) is 0 Å². The Kier molecular flexibility index (Phi) is 6.72. The van der Waals surface area contributed by atoms with Crippen LogP contribution in [0.25, 0.3) is 22.2 Å². The highest BCUT2D eigenvalue weighted by atomic mass is 35.5. The highest BCUT2D eigenvalue weighted by Crippen LogP contribution is 2.36. The molecule has 1 saturated heterocycles. The second-order valence-corrected chi connectivity index (χ2v) is 11.9. The van der Waals surface area contributed by atoms with Gasteiger partial charge in [-0.3, -0.25) is 4.90 Å². The summed E-state index contributed by atoms with van der Waals surface area (Å²) in [5, 5.41) is 4.53. The van der Waals surface area contributed by atoms with Gasteiger partial charge in [-0.2, -0.15) is 0 Å². The van der Waals surface area contributed by atoms with Crippen molar-refractivity contribution < 1.29 is 8.42 Å². The molecule has 6 rings (SSSR count). The third kappa shape index (κ3) is 5.08. The molecular formula is C29H27ClN6O2S. The van der Waals surface area contributed by atoms with Gasteiger partial charge in [0, 0.05) is 48.5 Å². The fourth-order valence-corrected chi connectivity index (χ4v) is 6.61. The van der Waals surface area contributed by atoms with Crippen LogP contribution in [0.5, 0.6) is 0 Å². The normalized spacial score (nSPS) is 16.1. The average Bonchev–Trinajstić information content (AvgIpc) is 3.56. The Bertz CT molecular complexity index is 1740. The summed E-state index contributed by atoms with van der Waals surface area (Å²) in [4.78, 5) is 11.8. The highest BCUT2D eigenvalue weighted by molar-refractivity contribution is 7.90. The van der Waals surface area contributed by atoms with Gasteiger partial charge in [0.2, 0.25) is 5.95 Å². The molecule has 3 N–H and O–H groups in total. The van der Waals surface area contributed by atoms with E-state index in [0.29, 0.717) is 27.7 Å². The van der Waals surface area contributed by atoms with E-state index in [2.05, 4.69) is 27.3 Å². The van der Waals surface area contributed by atoms with Crippen molar-refractivity contribution in [3.63, 3.8) is 0 Å². The van der Waals surface area contributed by atoms with Crippen LogP contribution in [0.4, 0.5) is 11.6 Å². The van der Waals surface area contributed by atoms with E-state index in [1.54, 1.807) is 48.8 Å². The molecule has 2 aromatic heterocycles. The highest BCUT2D eigenvalue weighted by Gasteiger charge is 2.25. The summed E-state index contributed by atoms with van der Waals surface area (Å²) < 4.78 is 28.3. The van der Waals surface area contributed by atoms with E-state index < -0.39 is 10.0 Å². The molecule has 0 spiro atoms. The first-order valence-electron chi connectivity index (χ1n) is 12.7. The van der Waals surface area contributed by atoms with Crippen molar-refractivity contribution in [3.05, 3.63) is 102 Å². The lowest BCUT2D eigenvalue weighted by atomic mass is 10.1. The predicted octanol–water partition coefficient (Wildman–Crippen LogP) is 5.26. The number of para-hydroxylation sites is 1. The number of likely N-dealkylation sites (tertiary alicyclic amines) is 1. The van der Waals surface area contributed by atoms with Crippen LogP contribution in [-0.2, 0) is 16.6 Å². The van der Waals surface area contributed by atoms with Crippen LogP contribution in [-0.4, -0.2) is 46.4 Å². The first-order valence-corrected chi connectivity index (χ1v) is 14.5. The molecule has 39 heavy (non-hydrogen) atoms. The second kappa shape index (κ2) is 10.3. The van der Waals surface area contributed by atoms with Gasteiger partial charge in [0.25, 0.3) is 10.0 Å². The molecule has 0 aliphatic carbocycles. The third-order valence-corrected chi connectivity index (χ3v) is 8.93. The molecule has 3 heterocycles. The van der Waals surface area contributed by atoms with Gasteiger partial charge in [-0.25, -0.2) is 22.4 Å². The van der Waals surface area contributed by atoms with E-state index in [1.165, 1.54) is 9.54 Å². The van der Waals surface area contributed by atoms with E-state index in [4.69, 9.17) is 22.3 Å². The maximum Gasteiger partial charge on any atom is 0.268 e. The molecule has 0 radical (unpaired) electrons. The van der Waals surface area contributed by atoms with Crippen LogP contribution in [0.3, 0.4) is 0 Å². The van der Waals surface area contributed by atoms with Gasteiger partial charge < -0.3 is 11.1 Å².